The highest BCUT2D eigenvalue weighted by Gasteiger charge is 2.30. The third-order valence-corrected chi connectivity index (χ3v) is 5.04. The van der Waals surface area contributed by atoms with E-state index >= 15 is 0 Å². The average molecular weight is 366 g/mol. The van der Waals surface area contributed by atoms with Crippen LogP contribution in [0.25, 0.3) is 10.2 Å². The topological polar surface area (TPSA) is 71.7 Å². The van der Waals surface area contributed by atoms with Crippen molar-refractivity contribution in [1.82, 2.24) is 9.47 Å². The van der Waals surface area contributed by atoms with Gasteiger partial charge in [0.15, 0.2) is 4.80 Å². The lowest BCUT2D eigenvalue weighted by Crippen LogP contribution is -2.34. The van der Waals surface area contributed by atoms with Crippen molar-refractivity contribution in [2.75, 3.05) is 6.54 Å². The van der Waals surface area contributed by atoms with Crippen LogP contribution in [0.2, 0.25) is 5.02 Å². The summed E-state index contributed by atoms with van der Waals surface area (Å²) in [6, 6.07) is 5.54. The normalized spacial score (nSPS) is 15.8. The van der Waals surface area contributed by atoms with Crippen molar-refractivity contribution in [3.05, 3.63) is 28.0 Å². The zero-order valence-electron chi connectivity index (χ0n) is 13.1. The Morgan fingerprint density at radius 3 is 2.67 bits per heavy atom. The van der Waals surface area contributed by atoms with Crippen LogP contribution < -0.4 is 4.80 Å². The minimum atomic E-state index is -0.499. The van der Waals surface area contributed by atoms with E-state index in [1.54, 1.807) is 6.07 Å². The molecule has 0 radical (unpaired) electrons. The number of hydrogen-bond acceptors (Lipinski definition) is 4. The maximum absolute atomic E-state index is 12.2. The van der Waals surface area contributed by atoms with Gasteiger partial charge in [-0.2, -0.15) is 4.99 Å². The third kappa shape index (κ3) is 3.27. The maximum Gasteiger partial charge on any atom is 0.268 e. The van der Waals surface area contributed by atoms with Crippen LogP contribution in [0.5, 0.6) is 0 Å². The molecule has 1 aliphatic heterocycles. The zero-order valence-corrected chi connectivity index (χ0v) is 14.7. The molecule has 0 spiro atoms. The fraction of sp³-hybridized carbons (Fsp3) is 0.375. The van der Waals surface area contributed by atoms with Gasteiger partial charge in [-0.05, 0) is 24.6 Å². The number of aryl methyl sites for hydroxylation is 1. The number of halogens is 1. The molecule has 24 heavy (non-hydrogen) atoms. The van der Waals surface area contributed by atoms with Crippen LogP contribution >= 0.6 is 22.9 Å². The van der Waals surface area contributed by atoms with Crippen molar-refractivity contribution in [3.63, 3.8) is 0 Å². The predicted molar refractivity (Wildman–Crippen MR) is 91.6 cm³/mol. The second kappa shape index (κ2) is 6.86. The average Bonchev–Trinajstić information content (AvgIpc) is 3.02. The number of aromatic nitrogens is 1. The number of imide groups is 1. The molecule has 0 unspecified atom stereocenters. The molecule has 126 valence electrons. The van der Waals surface area contributed by atoms with Crippen molar-refractivity contribution in [1.29, 1.82) is 0 Å². The van der Waals surface area contributed by atoms with E-state index < -0.39 is 5.91 Å². The molecular formula is C16H16ClN3O3S. The van der Waals surface area contributed by atoms with E-state index in [0.717, 1.165) is 28.1 Å². The summed E-state index contributed by atoms with van der Waals surface area (Å²) in [5, 5.41) is 0.624. The van der Waals surface area contributed by atoms with E-state index in [9.17, 15) is 14.4 Å². The summed E-state index contributed by atoms with van der Waals surface area (Å²) in [4.78, 5) is 41.1. The summed E-state index contributed by atoms with van der Waals surface area (Å²) < 4.78 is 2.90. The largest absolute Gasteiger partial charge is 0.316 e. The molecule has 6 nitrogen and oxygen atoms in total. The molecule has 1 aliphatic rings. The van der Waals surface area contributed by atoms with E-state index in [0.29, 0.717) is 9.82 Å². The van der Waals surface area contributed by atoms with E-state index in [1.807, 2.05) is 23.6 Å². The molecule has 2 heterocycles. The van der Waals surface area contributed by atoms with Crippen LogP contribution in [0.1, 0.15) is 26.2 Å². The van der Waals surface area contributed by atoms with Gasteiger partial charge in [-0.3, -0.25) is 19.3 Å². The highest BCUT2D eigenvalue weighted by Crippen LogP contribution is 2.22. The first-order valence-electron chi connectivity index (χ1n) is 7.69. The summed E-state index contributed by atoms with van der Waals surface area (Å²) in [7, 11) is 0. The van der Waals surface area contributed by atoms with Gasteiger partial charge < -0.3 is 4.57 Å². The smallest absolute Gasteiger partial charge is 0.268 e. The van der Waals surface area contributed by atoms with Crippen molar-refractivity contribution >= 4 is 50.9 Å². The summed E-state index contributed by atoms with van der Waals surface area (Å²) in [6.07, 6.45) is 1.23. The minimum Gasteiger partial charge on any atom is -0.316 e. The number of thiazole rings is 1. The molecule has 8 heteroatoms. The van der Waals surface area contributed by atoms with Gasteiger partial charge in [-0.15, -0.1) is 0 Å². The number of carbonyl (C=O) groups is 3. The molecule has 0 N–H and O–H groups in total. The van der Waals surface area contributed by atoms with Crippen molar-refractivity contribution in [3.8, 4) is 0 Å². The number of amides is 3. The molecule has 3 rings (SSSR count). The molecule has 3 amide bonds. The minimum absolute atomic E-state index is 0.170. The van der Waals surface area contributed by atoms with Gasteiger partial charge in [0.1, 0.15) is 6.54 Å². The lowest BCUT2D eigenvalue weighted by atomic mass is 10.3. The highest BCUT2D eigenvalue weighted by atomic mass is 35.5. The van der Waals surface area contributed by atoms with Crippen molar-refractivity contribution < 1.29 is 14.4 Å². The molecule has 0 bridgehead atoms. The molecule has 1 aromatic carbocycles. The maximum atomic E-state index is 12.2. The van der Waals surface area contributed by atoms with Gasteiger partial charge in [-0.25, -0.2) is 0 Å². The van der Waals surface area contributed by atoms with Gasteiger partial charge in [0, 0.05) is 24.4 Å². The van der Waals surface area contributed by atoms with Crippen LogP contribution in [0.3, 0.4) is 0 Å². The monoisotopic (exact) mass is 365 g/mol. The Hall–Kier alpha value is -1.99. The molecular weight excluding hydrogens is 350 g/mol. The van der Waals surface area contributed by atoms with Crippen LogP contribution in [0.15, 0.2) is 23.2 Å². The second-order valence-corrected chi connectivity index (χ2v) is 6.97. The fourth-order valence-electron chi connectivity index (χ4n) is 2.65. The molecule has 1 aromatic heterocycles. The molecule has 0 aliphatic carbocycles. The van der Waals surface area contributed by atoms with E-state index in [4.69, 9.17) is 11.6 Å². The van der Waals surface area contributed by atoms with E-state index in [-0.39, 0.29) is 31.2 Å². The SMILES string of the molecule is CCCn1c(=NC(=O)CN2C(=O)CCC2=O)sc2cc(Cl)ccc21. The standard InChI is InChI=1S/C16H16ClN3O3S/c1-2-7-19-11-4-3-10(17)8-12(11)24-16(19)18-13(21)9-20-14(22)5-6-15(20)23/h3-4,8H,2,5-7,9H2,1H3. The second-order valence-electron chi connectivity index (χ2n) is 5.53. The van der Waals surface area contributed by atoms with Crippen molar-refractivity contribution in [2.24, 2.45) is 4.99 Å². The Kier molecular flexibility index (Phi) is 4.82. The van der Waals surface area contributed by atoms with Crippen LogP contribution in [0, 0.1) is 0 Å². The number of nitrogens with zero attached hydrogens (tertiary/aromatic N) is 3. The first-order valence-corrected chi connectivity index (χ1v) is 8.88. The summed E-state index contributed by atoms with van der Waals surface area (Å²) >= 11 is 7.40. The lowest BCUT2D eigenvalue weighted by molar-refractivity contribution is -0.141. The van der Waals surface area contributed by atoms with Gasteiger partial charge >= 0.3 is 0 Å². The van der Waals surface area contributed by atoms with Gasteiger partial charge in [0.2, 0.25) is 11.8 Å². The van der Waals surface area contributed by atoms with E-state index in [1.165, 1.54) is 11.3 Å². The molecule has 0 saturated carbocycles. The Labute approximate surface area is 147 Å². The number of carbonyl (C=O) groups excluding carboxylic acids is 3. The highest BCUT2D eigenvalue weighted by molar-refractivity contribution is 7.16. The molecule has 2 aromatic rings. The van der Waals surface area contributed by atoms with E-state index in [2.05, 4.69) is 4.99 Å². The molecule has 1 saturated heterocycles. The summed E-state index contributed by atoms with van der Waals surface area (Å²) in [5.41, 5.74) is 0.964. The Balaban J connectivity index is 1.96. The zero-order chi connectivity index (χ0) is 17.3. The lowest BCUT2D eigenvalue weighted by Gasteiger charge is -2.10. The van der Waals surface area contributed by atoms with Gasteiger partial charge in [0.25, 0.3) is 5.91 Å². The molecule has 1 fully saturated rings. The number of rotatable bonds is 4. The third-order valence-electron chi connectivity index (χ3n) is 3.76. The molecule has 0 atom stereocenters. The Bertz CT molecular complexity index is 884. The summed E-state index contributed by atoms with van der Waals surface area (Å²) in [5.74, 6) is -1.12. The van der Waals surface area contributed by atoms with Crippen LogP contribution in [-0.2, 0) is 20.9 Å². The quantitative estimate of drug-likeness (QED) is 0.781. The number of likely N-dealkylation sites (tertiary alicyclic amines) is 1. The Morgan fingerprint density at radius 2 is 2.00 bits per heavy atom. The van der Waals surface area contributed by atoms with Gasteiger partial charge in [-0.1, -0.05) is 29.9 Å². The number of hydrogen-bond donors (Lipinski definition) is 0. The van der Waals surface area contributed by atoms with Crippen LogP contribution in [-0.4, -0.2) is 33.7 Å². The summed E-state index contributed by atoms with van der Waals surface area (Å²) in [6.45, 7) is 2.47. The van der Waals surface area contributed by atoms with Crippen LogP contribution in [0.4, 0.5) is 0 Å². The Morgan fingerprint density at radius 1 is 1.29 bits per heavy atom. The predicted octanol–water partition coefficient (Wildman–Crippen LogP) is 2.34. The van der Waals surface area contributed by atoms with Gasteiger partial charge in [0.05, 0.1) is 10.2 Å². The first-order chi connectivity index (χ1) is 11.5. The number of benzene rings is 1. The van der Waals surface area contributed by atoms with Crippen molar-refractivity contribution in [2.45, 2.75) is 32.7 Å². The first kappa shape index (κ1) is 16.9. The fourth-order valence-corrected chi connectivity index (χ4v) is 4.00. The number of fused-ring (bicyclic) bond motifs is 1.